The lowest BCUT2D eigenvalue weighted by atomic mass is 9.78. The molecule has 2 saturated carbocycles. The second-order valence-corrected chi connectivity index (χ2v) is 15.6. The van der Waals surface area contributed by atoms with Gasteiger partial charge in [-0.05, 0) is 107 Å². The second kappa shape index (κ2) is 16.0. The lowest BCUT2D eigenvalue weighted by Gasteiger charge is -2.34. The number of carbonyl (C=O) groups excluding carboxylic acids is 1. The van der Waals surface area contributed by atoms with E-state index in [9.17, 15) is 30.2 Å². The molecular weight excluding hydrogens is 658 g/mol. The van der Waals surface area contributed by atoms with Crippen molar-refractivity contribution in [1.29, 1.82) is 0 Å². The number of benzene rings is 1. The van der Waals surface area contributed by atoms with Crippen LogP contribution in [-0.2, 0) is 9.53 Å². The predicted molar refractivity (Wildman–Crippen MR) is 190 cm³/mol. The van der Waals surface area contributed by atoms with Crippen LogP contribution in [0.15, 0.2) is 63.8 Å². The molecule has 1 aromatic carbocycles. The zero-order valence-corrected chi connectivity index (χ0v) is 30.1. The molecule has 6 unspecified atom stereocenters. The number of rotatable bonds is 12. The van der Waals surface area contributed by atoms with Crippen LogP contribution in [0.5, 0.6) is 11.5 Å². The maximum absolute atomic E-state index is 13.6. The zero-order valence-electron chi connectivity index (χ0n) is 29.2. The van der Waals surface area contributed by atoms with Gasteiger partial charge in [0.05, 0.1) is 32.8 Å². The fourth-order valence-corrected chi connectivity index (χ4v) is 9.50. The Labute approximate surface area is 298 Å². The quantitative estimate of drug-likeness (QED) is 0.0653. The van der Waals surface area contributed by atoms with Crippen molar-refractivity contribution < 1.29 is 39.2 Å². The van der Waals surface area contributed by atoms with Gasteiger partial charge < -0.3 is 29.5 Å². The highest BCUT2D eigenvalue weighted by molar-refractivity contribution is 8.03. The number of hydrogen-bond acceptors (Lipinski definition) is 10. The number of allylic oxidation sites excluding steroid dienone is 2. The maximum atomic E-state index is 13.6. The first-order valence-corrected chi connectivity index (χ1v) is 19.3. The topological polar surface area (TPSA) is 149 Å². The van der Waals surface area contributed by atoms with E-state index in [1.165, 1.54) is 17.8 Å². The van der Waals surface area contributed by atoms with Crippen molar-refractivity contribution in [2.45, 2.75) is 127 Å². The van der Waals surface area contributed by atoms with E-state index in [-0.39, 0.29) is 65.5 Å². The molecule has 6 rings (SSSR count). The van der Waals surface area contributed by atoms with Crippen LogP contribution >= 0.6 is 11.8 Å². The Bertz CT molecular complexity index is 1540. The molecule has 0 saturated heterocycles. The molecule has 3 N–H and O–H groups in total. The first kappa shape index (κ1) is 36.7. The molecule has 2 fully saturated rings. The van der Waals surface area contributed by atoms with Gasteiger partial charge in [0.15, 0.2) is 6.29 Å². The number of hydrogen-bond donors (Lipinski definition) is 3. The van der Waals surface area contributed by atoms with Crippen molar-refractivity contribution in [2.24, 2.45) is 29.6 Å². The minimum Gasteiger partial charge on any atom is -0.485 e. The normalized spacial score (nSPS) is 30.8. The summed E-state index contributed by atoms with van der Waals surface area (Å²) in [5.41, 5.74) is 0.870. The van der Waals surface area contributed by atoms with Crippen LogP contribution in [0.1, 0.15) is 103 Å². The molecule has 0 aromatic heterocycles. The molecule has 0 radical (unpaired) electrons. The average molecular weight is 710 g/mol. The first-order valence-electron chi connectivity index (χ1n) is 18.5. The molecule has 2 aliphatic heterocycles. The van der Waals surface area contributed by atoms with E-state index in [1.807, 2.05) is 19.9 Å². The van der Waals surface area contributed by atoms with Crippen LogP contribution in [0.4, 0.5) is 0 Å². The summed E-state index contributed by atoms with van der Waals surface area (Å²) in [6.45, 7) is 6.03. The number of aliphatic hydroxyl groups excluding tert-OH is 3. The van der Waals surface area contributed by atoms with Gasteiger partial charge in [-0.2, -0.15) is 0 Å². The highest BCUT2D eigenvalue weighted by Crippen LogP contribution is 2.54. The average Bonchev–Trinajstić information content (AvgIpc) is 3.58. The Kier molecular flexibility index (Phi) is 11.8. The van der Waals surface area contributed by atoms with Crippen LogP contribution in [0.3, 0.4) is 0 Å². The standard InChI is InChI=1S/C39H51NO9S/c1-4-22-21-35(34-20-27-19-28(40(45)46)15-16-31(27)47-34)50-37-33(49-39(44)26-13-9-24(10-14-26)30(42)6-3)18-17-32(36(22)37)48-38(43)25-11-7-23(8-12-25)29(41)5-2/h15-27,29-31,39,41-42,44H,4-14H2,1-3H3. The SMILES string of the molecule is CCC1C=C(C2=CC3C=C([N+](=O)[O-])C=CC3O2)Sc2c(OC(O)C3CCC(C(O)CC)CC3)ccc(OC(=O)C3CCC(C(O)CC)CC3)c21. The third-order valence-corrected chi connectivity index (χ3v) is 12.6. The highest BCUT2D eigenvalue weighted by atomic mass is 32.2. The van der Waals surface area contributed by atoms with Gasteiger partial charge in [0.25, 0.3) is 5.70 Å². The van der Waals surface area contributed by atoms with E-state index >= 15 is 0 Å². The van der Waals surface area contributed by atoms with Gasteiger partial charge in [-0.1, -0.05) is 38.6 Å². The lowest BCUT2D eigenvalue weighted by molar-refractivity contribution is -0.419. The van der Waals surface area contributed by atoms with Crippen molar-refractivity contribution in [3.8, 4) is 11.5 Å². The van der Waals surface area contributed by atoms with E-state index in [0.717, 1.165) is 60.3 Å². The fraction of sp³-hybridized carbons (Fsp3) is 0.615. The molecule has 0 bridgehead atoms. The molecule has 2 heterocycles. The van der Waals surface area contributed by atoms with Crippen LogP contribution < -0.4 is 9.47 Å². The highest BCUT2D eigenvalue weighted by Gasteiger charge is 2.38. The minimum absolute atomic E-state index is 0.0406. The monoisotopic (exact) mass is 709 g/mol. The minimum atomic E-state index is -1.04. The van der Waals surface area contributed by atoms with Crippen molar-refractivity contribution in [3.63, 3.8) is 0 Å². The number of nitro groups is 1. The number of carbonyl (C=O) groups is 1. The molecule has 50 heavy (non-hydrogen) atoms. The van der Waals surface area contributed by atoms with Crippen molar-refractivity contribution >= 4 is 17.7 Å². The Morgan fingerprint density at radius 1 is 0.920 bits per heavy atom. The molecule has 0 spiro atoms. The summed E-state index contributed by atoms with van der Waals surface area (Å²) in [4.78, 5) is 26.2. The van der Waals surface area contributed by atoms with Crippen molar-refractivity contribution in [3.05, 3.63) is 74.6 Å². The summed E-state index contributed by atoms with van der Waals surface area (Å²) >= 11 is 1.43. The molecule has 11 heteroatoms. The predicted octanol–water partition coefficient (Wildman–Crippen LogP) is 7.56. The summed E-state index contributed by atoms with van der Waals surface area (Å²) < 4.78 is 18.9. The van der Waals surface area contributed by atoms with Crippen molar-refractivity contribution in [2.75, 3.05) is 0 Å². The van der Waals surface area contributed by atoms with Gasteiger partial charge >= 0.3 is 5.97 Å². The van der Waals surface area contributed by atoms with E-state index in [1.54, 1.807) is 24.3 Å². The van der Waals surface area contributed by atoms with Crippen LogP contribution in [-0.4, -0.2) is 50.8 Å². The van der Waals surface area contributed by atoms with Crippen LogP contribution in [0.2, 0.25) is 0 Å². The first-order chi connectivity index (χ1) is 24.1. The van der Waals surface area contributed by atoms with Gasteiger partial charge in [0, 0.05) is 35.5 Å². The van der Waals surface area contributed by atoms with Gasteiger partial charge in [0.1, 0.15) is 23.4 Å². The Hall–Kier alpha value is -3.12. The molecule has 0 amide bonds. The third-order valence-electron chi connectivity index (χ3n) is 11.5. The summed E-state index contributed by atoms with van der Waals surface area (Å²) in [6.07, 6.45) is 15.0. The van der Waals surface area contributed by atoms with Crippen LogP contribution in [0.25, 0.3) is 0 Å². The van der Waals surface area contributed by atoms with E-state index in [2.05, 4.69) is 13.0 Å². The van der Waals surface area contributed by atoms with Crippen LogP contribution in [0, 0.1) is 39.7 Å². The van der Waals surface area contributed by atoms with Gasteiger partial charge in [-0.25, -0.2) is 0 Å². The summed E-state index contributed by atoms with van der Waals surface area (Å²) in [5, 5.41) is 43.5. The van der Waals surface area contributed by atoms with Gasteiger partial charge in [-0.15, -0.1) is 0 Å². The third kappa shape index (κ3) is 7.86. The van der Waals surface area contributed by atoms with Crippen molar-refractivity contribution in [1.82, 2.24) is 0 Å². The second-order valence-electron chi connectivity index (χ2n) is 14.5. The Morgan fingerprint density at radius 2 is 1.54 bits per heavy atom. The number of thioether (sulfide) groups is 1. The summed E-state index contributed by atoms with van der Waals surface area (Å²) in [6, 6.07) is 3.54. The number of esters is 1. The van der Waals surface area contributed by atoms with Gasteiger partial charge in [-0.3, -0.25) is 14.9 Å². The number of nitrogens with zero attached hydrogens (tertiary/aromatic N) is 1. The molecule has 5 aliphatic rings. The summed E-state index contributed by atoms with van der Waals surface area (Å²) in [5.74, 6) is 1.05. The Morgan fingerprint density at radius 3 is 2.16 bits per heavy atom. The number of ether oxygens (including phenoxy) is 3. The number of fused-ring (bicyclic) bond motifs is 2. The van der Waals surface area contributed by atoms with E-state index in [4.69, 9.17) is 14.2 Å². The molecular formula is C39H51NO9S. The molecule has 3 aliphatic carbocycles. The molecule has 10 nitrogen and oxygen atoms in total. The maximum Gasteiger partial charge on any atom is 0.314 e. The molecule has 1 aromatic rings. The Balaban J connectivity index is 1.26. The summed E-state index contributed by atoms with van der Waals surface area (Å²) in [7, 11) is 0. The van der Waals surface area contributed by atoms with E-state index in [0.29, 0.717) is 42.9 Å². The van der Waals surface area contributed by atoms with E-state index < -0.39 is 11.2 Å². The molecule has 272 valence electrons. The fourth-order valence-electron chi connectivity index (χ4n) is 8.26. The smallest absolute Gasteiger partial charge is 0.314 e. The lowest BCUT2D eigenvalue weighted by Crippen LogP contribution is -2.33. The van der Waals surface area contributed by atoms with Gasteiger partial charge in [0.2, 0.25) is 0 Å². The molecule has 6 atom stereocenters. The largest absolute Gasteiger partial charge is 0.485 e. The zero-order chi connectivity index (χ0) is 35.5. The number of aliphatic hydroxyl groups is 3.